The van der Waals surface area contributed by atoms with E-state index in [-0.39, 0.29) is 31.8 Å². The highest BCUT2D eigenvalue weighted by Crippen LogP contribution is 2.38. The number of amides is 1. The molecule has 29 heavy (non-hydrogen) atoms. The third kappa shape index (κ3) is 3.91. The zero-order valence-electron chi connectivity index (χ0n) is 16.5. The molecule has 3 rings (SSSR count). The van der Waals surface area contributed by atoms with Crippen LogP contribution in [0.1, 0.15) is 22.3 Å². The van der Waals surface area contributed by atoms with E-state index in [0.717, 1.165) is 5.56 Å². The summed E-state index contributed by atoms with van der Waals surface area (Å²) in [7, 11) is 2.94. The fourth-order valence-corrected chi connectivity index (χ4v) is 3.88. The number of hydrogen-bond acceptors (Lipinski definition) is 5. The van der Waals surface area contributed by atoms with Crippen molar-refractivity contribution >= 4 is 11.9 Å². The van der Waals surface area contributed by atoms with Gasteiger partial charge in [0, 0.05) is 13.1 Å². The third-order valence-electron chi connectivity index (χ3n) is 5.57. The molecule has 1 aliphatic heterocycles. The molecule has 0 aliphatic carbocycles. The number of likely N-dealkylation sites (tertiary alicyclic amines) is 1. The molecule has 7 heteroatoms. The Bertz CT molecular complexity index is 884. The van der Waals surface area contributed by atoms with Gasteiger partial charge in [-0.25, -0.2) is 0 Å². The monoisotopic (exact) mass is 399 g/mol. The Morgan fingerprint density at radius 1 is 1.10 bits per heavy atom. The molecule has 1 saturated heterocycles. The summed E-state index contributed by atoms with van der Waals surface area (Å²) in [6.07, 6.45) is -0.847. The second kappa shape index (κ2) is 8.53. The molecular formula is C22H25NO6. The first-order valence-corrected chi connectivity index (χ1v) is 9.38. The summed E-state index contributed by atoms with van der Waals surface area (Å²) in [6.45, 7) is 0.147. The number of carbonyl (C=O) groups excluding carboxylic acids is 1. The predicted molar refractivity (Wildman–Crippen MR) is 106 cm³/mol. The lowest BCUT2D eigenvalue weighted by Gasteiger charge is -2.43. The standard InChI is InChI=1S/C22H25NO6/c1-28-17-10-6-9-16(19(17)29-2)20(25)23-12-11-22(21(26)27,18(24)14-23)13-15-7-4-3-5-8-15/h3-10,18,24H,11-14H2,1-2H3,(H,26,27)/t18-,22+/m0/s1. The third-order valence-corrected chi connectivity index (χ3v) is 5.57. The van der Waals surface area contributed by atoms with Crippen LogP contribution in [0.3, 0.4) is 0 Å². The van der Waals surface area contributed by atoms with Crippen molar-refractivity contribution in [3.63, 3.8) is 0 Å². The van der Waals surface area contributed by atoms with Crippen molar-refractivity contribution in [1.82, 2.24) is 4.90 Å². The molecule has 0 bridgehead atoms. The van der Waals surface area contributed by atoms with Crippen LogP contribution in [0.2, 0.25) is 0 Å². The van der Waals surface area contributed by atoms with Crippen molar-refractivity contribution in [2.75, 3.05) is 27.3 Å². The molecule has 0 saturated carbocycles. The van der Waals surface area contributed by atoms with Gasteiger partial charge in [-0.2, -0.15) is 0 Å². The lowest BCUT2D eigenvalue weighted by atomic mass is 9.71. The number of ether oxygens (including phenoxy) is 2. The summed E-state index contributed by atoms with van der Waals surface area (Å²) in [4.78, 5) is 26.7. The number of aliphatic hydroxyl groups excluding tert-OH is 1. The summed E-state index contributed by atoms with van der Waals surface area (Å²) in [5, 5.41) is 20.7. The molecule has 0 aromatic heterocycles. The van der Waals surface area contributed by atoms with Gasteiger partial charge in [-0.1, -0.05) is 36.4 Å². The Hall–Kier alpha value is -3.06. The molecule has 1 aliphatic rings. The highest BCUT2D eigenvalue weighted by atomic mass is 16.5. The molecule has 2 N–H and O–H groups in total. The van der Waals surface area contributed by atoms with E-state index in [0.29, 0.717) is 17.1 Å². The van der Waals surface area contributed by atoms with Gasteiger partial charge < -0.3 is 24.6 Å². The van der Waals surface area contributed by atoms with E-state index in [1.54, 1.807) is 18.2 Å². The zero-order valence-corrected chi connectivity index (χ0v) is 16.5. The van der Waals surface area contributed by atoms with Crippen LogP contribution in [0.5, 0.6) is 11.5 Å². The van der Waals surface area contributed by atoms with Gasteiger partial charge in [0.25, 0.3) is 5.91 Å². The van der Waals surface area contributed by atoms with Gasteiger partial charge in [-0.15, -0.1) is 0 Å². The summed E-state index contributed by atoms with van der Waals surface area (Å²) in [5.41, 5.74) is -0.190. The molecule has 0 radical (unpaired) electrons. The van der Waals surface area contributed by atoms with E-state index in [1.165, 1.54) is 19.1 Å². The average Bonchev–Trinajstić information content (AvgIpc) is 2.74. The summed E-state index contributed by atoms with van der Waals surface area (Å²) >= 11 is 0. The van der Waals surface area contributed by atoms with Gasteiger partial charge in [-0.05, 0) is 30.5 Å². The lowest BCUT2D eigenvalue weighted by Crippen LogP contribution is -2.57. The number of rotatable bonds is 6. The smallest absolute Gasteiger partial charge is 0.312 e. The first kappa shape index (κ1) is 20.7. The molecule has 0 spiro atoms. The van der Waals surface area contributed by atoms with Crippen LogP contribution in [0, 0.1) is 5.41 Å². The molecule has 2 aromatic carbocycles. The van der Waals surface area contributed by atoms with Gasteiger partial charge in [0.2, 0.25) is 0 Å². The van der Waals surface area contributed by atoms with Crippen molar-refractivity contribution in [2.45, 2.75) is 18.9 Å². The van der Waals surface area contributed by atoms with Crippen LogP contribution in [0.4, 0.5) is 0 Å². The maximum absolute atomic E-state index is 13.1. The van der Waals surface area contributed by atoms with E-state index in [1.807, 2.05) is 30.3 Å². The van der Waals surface area contributed by atoms with Crippen LogP contribution in [0.25, 0.3) is 0 Å². The van der Waals surface area contributed by atoms with Gasteiger partial charge in [0.1, 0.15) is 5.41 Å². The number of β-amino-alcohol motifs (C(OH)–C–C–N with tert-alkyl or cyclic N) is 1. The number of carboxylic acid groups (broad SMARTS) is 1. The Balaban J connectivity index is 1.83. The Kier molecular flexibility index (Phi) is 6.08. The van der Waals surface area contributed by atoms with Crippen LogP contribution in [-0.2, 0) is 11.2 Å². The largest absolute Gasteiger partial charge is 0.493 e. The fraction of sp³-hybridized carbons (Fsp3) is 0.364. The van der Waals surface area contributed by atoms with E-state index in [4.69, 9.17) is 9.47 Å². The summed E-state index contributed by atoms with van der Waals surface area (Å²) in [6, 6.07) is 14.2. The summed E-state index contributed by atoms with van der Waals surface area (Å²) < 4.78 is 10.6. The number of aliphatic carboxylic acids is 1. The molecule has 154 valence electrons. The van der Waals surface area contributed by atoms with E-state index in [2.05, 4.69) is 0 Å². The average molecular weight is 399 g/mol. The minimum atomic E-state index is -1.34. The number of hydrogen-bond donors (Lipinski definition) is 2. The van der Waals surface area contributed by atoms with Gasteiger partial charge in [0.05, 0.1) is 25.9 Å². The maximum atomic E-state index is 13.1. The molecule has 0 unspecified atom stereocenters. The minimum Gasteiger partial charge on any atom is -0.493 e. The Labute approximate surface area is 169 Å². The first-order chi connectivity index (χ1) is 13.9. The predicted octanol–water partition coefficient (Wildman–Crippen LogP) is 2.22. The number of benzene rings is 2. The number of nitrogens with zero attached hydrogens (tertiary/aromatic N) is 1. The highest BCUT2D eigenvalue weighted by Gasteiger charge is 2.49. The molecule has 1 fully saturated rings. The van der Waals surface area contributed by atoms with Crippen LogP contribution < -0.4 is 9.47 Å². The fourth-order valence-electron chi connectivity index (χ4n) is 3.88. The molecule has 7 nitrogen and oxygen atoms in total. The van der Waals surface area contributed by atoms with Crippen LogP contribution >= 0.6 is 0 Å². The topological polar surface area (TPSA) is 96.3 Å². The van der Waals surface area contributed by atoms with Crippen molar-refractivity contribution in [1.29, 1.82) is 0 Å². The number of aliphatic hydroxyl groups is 1. The van der Waals surface area contributed by atoms with Crippen molar-refractivity contribution in [3.05, 3.63) is 59.7 Å². The normalized spacial score (nSPS) is 21.5. The zero-order chi connectivity index (χ0) is 21.0. The molecule has 1 heterocycles. The van der Waals surface area contributed by atoms with Gasteiger partial charge >= 0.3 is 5.97 Å². The van der Waals surface area contributed by atoms with E-state index < -0.39 is 17.5 Å². The number of carboxylic acids is 1. The van der Waals surface area contributed by atoms with Crippen molar-refractivity contribution in [2.24, 2.45) is 5.41 Å². The molecule has 1 amide bonds. The molecule has 2 aromatic rings. The highest BCUT2D eigenvalue weighted by molar-refractivity contribution is 5.98. The van der Waals surface area contributed by atoms with Crippen LogP contribution in [-0.4, -0.2) is 60.4 Å². The molecular weight excluding hydrogens is 374 g/mol. The number of methoxy groups -OCH3 is 2. The summed E-state index contributed by atoms with van der Waals surface area (Å²) in [5.74, 6) is -0.646. The Morgan fingerprint density at radius 2 is 1.83 bits per heavy atom. The SMILES string of the molecule is COc1cccc(C(=O)N2CC[C@](Cc3ccccc3)(C(=O)O)[C@@H](O)C2)c1OC. The van der Waals surface area contributed by atoms with Gasteiger partial charge in [0.15, 0.2) is 11.5 Å². The second-order valence-corrected chi connectivity index (χ2v) is 7.18. The van der Waals surface area contributed by atoms with Crippen molar-refractivity contribution < 1.29 is 29.3 Å². The Morgan fingerprint density at radius 3 is 2.41 bits per heavy atom. The maximum Gasteiger partial charge on any atom is 0.312 e. The van der Waals surface area contributed by atoms with E-state index in [9.17, 15) is 19.8 Å². The first-order valence-electron chi connectivity index (χ1n) is 9.38. The van der Waals surface area contributed by atoms with Crippen molar-refractivity contribution in [3.8, 4) is 11.5 Å². The van der Waals surface area contributed by atoms with Crippen LogP contribution in [0.15, 0.2) is 48.5 Å². The second-order valence-electron chi connectivity index (χ2n) is 7.18. The number of carbonyl (C=O) groups is 2. The van der Waals surface area contributed by atoms with Gasteiger partial charge in [-0.3, -0.25) is 9.59 Å². The number of piperidine rings is 1. The quantitative estimate of drug-likeness (QED) is 0.773. The number of para-hydroxylation sites is 1. The molecule has 2 atom stereocenters. The lowest BCUT2D eigenvalue weighted by molar-refractivity contribution is -0.161. The van der Waals surface area contributed by atoms with E-state index >= 15 is 0 Å². The minimum absolute atomic E-state index is 0.0711.